The van der Waals surface area contributed by atoms with E-state index in [1.165, 1.54) is 13.2 Å². The highest BCUT2D eigenvalue weighted by Gasteiger charge is 2.37. The van der Waals surface area contributed by atoms with Gasteiger partial charge in [-0.15, -0.1) is 0 Å². The highest BCUT2D eigenvalue weighted by molar-refractivity contribution is 5.86. The summed E-state index contributed by atoms with van der Waals surface area (Å²) >= 11 is 0. The third-order valence-electron chi connectivity index (χ3n) is 3.09. The van der Waals surface area contributed by atoms with Crippen LogP contribution in [0, 0.1) is 0 Å². The molecule has 1 aliphatic rings. The van der Waals surface area contributed by atoms with E-state index in [4.69, 9.17) is 4.42 Å². The molecular formula is C12H14O5. The zero-order valence-corrected chi connectivity index (χ0v) is 9.56. The van der Waals surface area contributed by atoms with Crippen molar-refractivity contribution in [2.45, 2.75) is 31.3 Å². The molecule has 1 saturated carbocycles. The minimum atomic E-state index is -1.14. The maximum Gasteiger partial charge on any atom is 0.373 e. The van der Waals surface area contributed by atoms with Crippen molar-refractivity contribution >= 4 is 11.8 Å². The summed E-state index contributed by atoms with van der Waals surface area (Å²) in [5.41, 5.74) is -1.14. The summed E-state index contributed by atoms with van der Waals surface area (Å²) in [6, 6.07) is 3.03. The lowest BCUT2D eigenvalue weighted by atomic mass is 9.82. The van der Waals surface area contributed by atoms with Gasteiger partial charge >= 0.3 is 5.97 Å². The number of hydrogen-bond donors (Lipinski definition) is 1. The first-order valence-corrected chi connectivity index (χ1v) is 5.48. The van der Waals surface area contributed by atoms with Gasteiger partial charge in [-0.05, 0) is 25.0 Å². The average Bonchev–Trinajstić information content (AvgIpc) is 2.82. The van der Waals surface area contributed by atoms with Crippen molar-refractivity contribution < 1.29 is 23.8 Å². The van der Waals surface area contributed by atoms with Crippen molar-refractivity contribution in [3.8, 4) is 0 Å². The molecule has 92 valence electrons. The highest BCUT2D eigenvalue weighted by Crippen LogP contribution is 2.36. The smallest absolute Gasteiger partial charge is 0.373 e. The van der Waals surface area contributed by atoms with Gasteiger partial charge in [0.1, 0.15) is 17.1 Å². The molecule has 1 heterocycles. The van der Waals surface area contributed by atoms with Crippen LogP contribution in [0.5, 0.6) is 0 Å². The molecule has 1 N–H and O–H groups in total. The molecule has 1 fully saturated rings. The first kappa shape index (κ1) is 11.9. The number of hydrogen-bond acceptors (Lipinski definition) is 5. The van der Waals surface area contributed by atoms with E-state index in [0.717, 1.165) is 0 Å². The van der Waals surface area contributed by atoms with Gasteiger partial charge < -0.3 is 14.3 Å². The number of carbonyl (C=O) groups is 2. The third-order valence-corrected chi connectivity index (χ3v) is 3.09. The van der Waals surface area contributed by atoms with Gasteiger partial charge in [0.05, 0.1) is 7.11 Å². The number of methoxy groups -OCH3 is 1. The maximum absolute atomic E-state index is 11.2. The van der Waals surface area contributed by atoms with Gasteiger partial charge in [-0.25, -0.2) is 4.79 Å². The summed E-state index contributed by atoms with van der Waals surface area (Å²) in [5, 5.41) is 10.3. The highest BCUT2D eigenvalue weighted by atomic mass is 16.5. The van der Waals surface area contributed by atoms with Crippen LogP contribution < -0.4 is 0 Å². The van der Waals surface area contributed by atoms with Crippen LogP contribution >= 0.6 is 0 Å². The molecule has 0 atom stereocenters. The van der Waals surface area contributed by atoms with Gasteiger partial charge in [0.25, 0.3) is 0 Å². The minimum absolute atomic E-state index is 0.0628. The van der Waals surface area contributed by atoms with Crippen molar-refractivity contribution in [3.63, 3.8) is 0 Å². The molecule has 0 bridgehead atoms. The molecule has 0 radical (unpaired) electrons. The van der Waals surface area contributed by atoms with E-state index in [9.17, 15) is 14.7 Å². The van der Waals surface area contributed by atoms with E-state index in [1.807, 2.05) is 0 Å². The molecule has 1 aliphatic carbocycles. The second kappa shape index (κ2) is 4.33. The first-order valence-electron chi connectivity index (χ1n) is 5.48. The predicted octanol–water partition coefficient (Wildman–Crippen LogP) is 1.40. The Morgan fingerprint density at radius 1 is 1.41 bits per heavy atom. The number of aliphatic hydroxyl groups is 1. The third kappa shape index (κ3) is 2.24. The zero-order chi connectivity index (χ0) is 12.5. The van der Waals surface area contributed by atoms with Crippen LogP contribution in [0.25, 0.3) is 0 Å². The summed E-state index contributed by atoms with van der Waals surface area (Å²) in [4.78, 5) is 22.3. The number of furan rings is 1. The van der Waals surface area contributed by atoms with Crippen molar-refractivity contribution in [1.29, 1.82) is 0 Å². The molecule has 17 heavy (non-hydrogen) atoms. The van der Waals surface area contributed by atoms with Crippen molar-refractivity contribution in [1.82, 2.24) is 0 Å². The molecular weight excluding hydrogens is 224 g/mol. The van der Waals surface area contributed by atoms with Crippen LogP contribution in [0.4, 0.5) is 0 Å². The Labute approximate surface area is 98.4 Å². The number of rotatable bonds is 2. The molecule has 0 amide bonds. The normalized spacial score (nSPS) is 19.1. The molecule has 0 saturated heterocycles. The Morgan fingerprint density at radius 3 is 2.65 bits per heavy atom. The molecule has 1 aromatic rings. The molecule has 2 rings (SSSR count). The Morgan fingerprint density at radius 2 is 2.06 bits per heavy atom. The Hall–Kier alpha value is -1.62. The van der Waals surface area contributed by atoms with E-state index in [2.05, 4.69) is 4.74 Å². The molecule has 0 unspecified atom stereocenters. The fourth-order valence-electron chi connectivity index (χ4n) is 1.99. The van der Waals surface area contributed by atoms with E-state index in [-0.39, 0.29) is 11.5 Å². The van der Waals surface area contributed by atoms with Gasteiger partial charge in [-0.1, -0.05) is 0 Å². The quantitative estimate of drug-likeness (QED) is 0.788. The number of ketones is 1. The van der Waals surface area contributed by atoms with E-state index in [0.29, 0.717) is 31.4 Å². The van der Waals surface area contributed by atoms with Crippen LogP contribution in [0.1, 0.15) is 42.0 Å². The van der Waals surface area contributed by atoms with Gasteiger partial charge in [0, 0.05) is 12.8 Å². The van der Waals surface area contributed by atoms with E-state index in [1.54, 1.807) is 6.07 Å². The Bertz CT molecular complexity index is 436. The summed E-state index contributed by atoms with van der Waals surface area (Å²) < 4.78 is 9.80. The number of ether oxygens (including phenoxy) is 1. The van der Waals surface area contributed by atoms with Crippen LogP contribution in [-0.4, -0.2) is 24.0 Å². The van der Waals surface area contributed by atoms with Crippen LogP contribution in [0.3, 0.4) is 0 Å². The van der Waals surface area contributed by atoms with Crippen molar-refractivity contribution in [3.05, 3.63) is 23.7 Å². The first-order chi connectivity index (χ1) is 8.05. The summed E-state index contributed by atoms with van der Waals surface area (Å²) in [7, 11) is 1.26. The lowest BCUT2D eigenvalue weighted by Crippen LogP contribution is -2.31. The number of Topliss-reactive ketones (excluding diaryl/α,β-unsaturated/α-hetero) is 1. The fourth-order valence-corrected chi connectivity index (χ4v) is 1.99. The molecule has 0 aromatic carbocycles. The van der Waals surface area contributed by atoms with E-state index >= 15 is 0 Å². The number of esters is 1. The monoisotopic (exact) mass is 238 g/mol. The SMILES string of the molecule is COC(=O)c1ccc(C2(O)CCC(=O)CC2)o1. The molecule has 5 heteroatoms. The maximum atomic E-state index is 11.2. The van der Waals surface area contributed by atoms with Crippen LogP contribution in [0.2, 0.25) is 0 Å². The van der Waals surface area contributed by atoms with E-state index < -0.39 is 11.6 Å². The van der Waals surface area contributed by atoms with Gasteiger partial charge in [-0.3, -0.25) is 4.79 Å². The lowest BCUT2D eigenvalue weighted by Gasteiger charge is -2.29. The topological polar surface area (TPSA) is 76.7 Å². The zero-order valence-electron chi connectivity index (χ0n) is 9.56. The number of carbonyl (C=O) groups excluding carboxylic acids is 2. The summed E-state index contributed by atoms with van der Waals surface area (Å²) in [5.74, 6) is -0.0422. The van der Waals surface area contributed by atoms with Gasteiger partial charge in [-0.2, -0.15) is 0 Å². The van der Waals surface area contributed by atoms with Crippen molar-refractivity contribution in [2.75, 3.05) is 7.11 Å². The Balaban J connectivity index is 2.19. The second-order valence-corrected chi connectivity index (χ2v) is 4.23. The van der Waals surface area contributed by atoms with Crippen LogP contribution in [-0.2, 0) is 15.1 Å². The summed E-state index contributed by atoms with van der Waals surface area (Å²) in [6.07, 6.45) is 1.34. The van der Waals surface area contributed by atoms with Crippen molar-refractivity contribution in [2.24, 2.45) is 0 Å². The molecule has 5 nitrogen and oxygen atoms in total. The molecule has 0 aliphatic heterocycles. The largest absolute Gasteiger partial charge is 0.463 e. The predicted molar refractivity (Wildman–Crippen MR) is 57.4 cm³/mol. The van der Waals surface area contributed by atoms with Gasteiger partial charge in [0.2, 0.25) is 5.76 Å². The lowest BCUT2D eigenvalue weighted by molar-refractivity contribution is -0.126. The second-order valence-electron chi connectivity index (χ2n) is 4.23. The Kier molecular flexibility index (Phi) is 3.02. The van der Waals surface area contributed by atoms with Crippen LogP contribution in [0.15, 0.2) is 16.5 Å². The average molecular weight is 238 g/mol. The summed E-state index contributed by atoms with van der Waals surface area (Å²) in [6.45, 7) is 0. The minimum Gasteiger partial charge on any atom is -0.463 e. The molecule has 0 spiro atoms. The van der Waals surface area contributed by atoms with Gasteiger partial charge in [0.15, 0.2) is 0 Å². The standard InChI is InChI=1S/C12H14O5/c1-16-11(14)9-2-3-10(17-9)12(15)6-4-8(13)5-7-12/h2-3,15H,4-7H2,1H3. The fraction of sp³-hybridized carbons (Fsp3) is 0.500. The molecule has 1 aromatic heterocycles.